The van der Waals surface area contributed by atoms with Crippen LogP contribution in [0.5, 0.6) is 5.75 Å². The monoisotopic (exact) mass is 432 g/mol. The van der Waals surface area contributed by atoms with Gasteiger partial charge in [0.05, 0.1) is 6.10 Å². The van der Waals surface area contributed by atoms with Crippen LogP contribution in [0.4, 0.5) is 0 Å². The van der Waals surface area contributed by atoms with Crippen molar-refractivity contribution < 1.29 is 39.2 Å². The molecule has 1 aliphatic carbocycles. The summed E-state index contributed by atoms with van der Waals surface area (Å²) in [6, 6.07) is 8.92. The van der Waals surface area contributed by atoms with E-state index in [-0.39, 0.29) is 32.3 Å². The number of aliphatic hydroxyl groups excluding tert-OH is 2. The van der Waals surface area contributed by atoms with Gasteiger partial charge in [-0.1, -0.05) is 43.0 Å². The van der Waals surface area contributed by atoms with Crippen molar-refractivity contribution in [1.82, 2.24) is 0 Å². The van der Waals surface area contributed by atoms with Crippen molar-refractivity contribution in [2.45, 2.75) is 44.0 Å². The fraction of sp³-hybridized carbons (Fsp3) is 0.435. The first kappa shape index (κ1) is 24.3. The number of hydrogen-bond acceptors (Lipinski definition) is 7. The standard InChI is InChI=1S/C23H28O8/c1-2-16(9-6-10-21(27)28)31-23(29)22-18(19(25)13-20(22)26)12-11-15(24)14-30-17-7-4-3-5-8-17/h2-5,7-8,11-12,15-16,18-19,22,24-25H,1,6,9-10,13-14H2,(H,27,28)/b12-11+/t15-,16?,18-,19+,22+/m0/s1. The van der Waals surface area contributed by atoms with Gasteiger partial charge >= 0.3 is 11.9 Å². The molecule has 8 nitrogen and oxygen atoms in total. The third-order valence-corrected chi connectivity index (χ3v) is 4.97. The number of ketones is 1. The number of carbonyl (C=O) groups is 3. The van der Waals surface area contributed by atoms with Gasteiger partial charge in [0.15, 0.2) is 0 Å². The minimum atomic E-state index is -1.20. The lowest BCUT2D eigenvalue weighted by Gasteiger charge is -2.20. The first-order valence-electron chi connectivity index (χ1n) is 10.1. The van der Waals surface area contributed by atoms with Crippen LogP contribution in [-0.2, 0) is 19.1 Å². The van der Waals surface area contributed by atoms with Crippen molar-refractivity contribution in [2.24, 2.45) is 11.8 Å². The summed E-state index contributed by atoms with van der Waals surface area (Å²) in [7, 11) is 0. The molecule has 0 spiro atoms. The quantitative estimate of drug-likeness (QED) is 0.259. The molecule has 8 heteroatoms. The Morgan fingerprint density at radius 3 is 2.61 bits per heavy atom. The minimum absolute atomic E-state index is 0.0332. The molecular weight excluding hydrogens is 404 g/mol. The number of para-hydroxylation sites is 1. The molecular formula is C23H28O8. The lowest BCUT2D eigenvalue weighted by atomic mass is 9.93. The first-order valence-corrected chi connectivity index (χ1v) is 10.1. The van der Waals surface area contributed by atoms with E-state index in [9.17, 15) is 24.6 Å². The third kappa shape index (κ3) is 7.66. The maximum absolute atomic E-state index is 12.6. The van der Waals surface area contributed by atoms with Crippen LogP contribution in [0.2, 0.25) is 0 Å². The normalized spacial score (nSPS) is 22.8. The van der Waals surface area contributed by atoms with Gasteiger partial charge in [0.2, 0.25) is 0 Å². The SMILES string of the molecule is C=CC(CCCC(=O)O)OC(=O)[C@H]1C(=O)C[C@@H](O)[C@@H]1/C=C/[C@H](O)COc1ccccc1. The predicted octanol–water partition coefficient (Wildman–Crippen LogP) is 1.90. The van der Waals surface area contributed by atoms with E-state index in [4.69, 9.17) is 14.6 Å². The number of Topliss-reactive ketones (excluding diaryl/α,β-unsaturated/α-hetero) is 1. The van der Waals surface area contributed by atoms with E-state index < -0.39 is 47.9 Å². The number of ether oxygens (including phenoxy) is 2. The molecule has 0 bridgehead atoms. The molecule has 0 aliphatic heterocycles. The van der Waals surface area contributed by atoms with Crippen LogP contribution in [0.1, 0.15) is 25.7 Å². The zero-order valence-electron chi connectivity index (χ0n) is 17.1. The summed E-state index contributed by atoms with van der Waals surface area (Å²) in [5.74, 6) is -3.65. The molecule has 0 heterocycles. The zero-order valence-corrected chi connectivity index (χ0v) is 17.1. The number of carboxylic acid groups (broad SMARTS) is 1. The van der Waals surface area contributed by atoms with Crippen molar-refractivity contribution >= 4 is 17.7 Å². The molecule has 0 radical (unpaired) electrons. The highest BCUT2D eigenvalue weighted by atomic mass is 16.5. The van der Waals surface area contributed by atoms with Gasteiger partial charge in [-0.2, -0.15) is 0 Å². The van der Waals surface area contributed by atoms with E-state index >= 15 is 0 Å². The molecule has 0 saturated heterocycles. The number of aliphatic hydroxyl groups is 2. The minimum Gasteiger partial charge on any atom is -0.491 e. The fourth-order valence-electron chi connectivity index (χ4n) is 3.35. The molecule has 3 N–H and O–H groups in total. The van der Waals surface area contributed by atoms with E-state index in [2.05, 4.69) is 6.58 Å². The smallest absolute Gasteiger partial charge is 0.317 e. The van der Waals surface area contributed by atoms with Crippen LogP contribution in [0.15, 0.2) is 55.1 Å². The van der Waals surface area contributed by atoms with E-state index in [0.29, 0.717) is 5.75 Å². The summed E-state index contributed by atoms with van der Waals surface area (Å²) in [6.45, 7) is 3.54. The number of benzene rings is 1. The average Bonchev–Trinajstić information content (AvgIpc) is 3.03. The summed E-state index contributed by atoms with van der Waals surface area (Å²) in [6.07, 6.45) is 1.69. The largest absolute Gasteiger partial charge is 0.491 e. The van der Waals surface area contributed by atoms with Crippen LogP contribution in [0.25, 0.3) is 0 Å². The van der Waals surface area contributed by atoms with Crippen LogP contribution in [0, 0.1) is 11.8 Å². The second kappa shape index (κ2) is 12.0. The van der Waals surface area contributed by atoms with Crippen molar-refractivity contribution in [2.75, 3.05) is 6.61 Å². The predicted molar refractivity (Wildman–Crippen MR) is 111 cm³/mol. The van der Waals surface area contributed by atoms with E-state index in [1.165, 1.54) is 18.2 Å². The first-order chi connectivity index (χ1) is 14.8. The molecule has 1 aromatic carbocycles. The van der Waals surface area contributed by atoms with Crippen LogP contribution >= 0.6 is 0 Å². The molecule has 5 atom stereocenters. The molecule has 1 unspecified atom stereocenters. The molecule has 2 rings (SSSR count). The Kier molecular flexibility index (Phi) is 9.42. The second-order valence-corrected chi connectivity index (χ2v) is 7.37. The Hall–Kier alpha value is -2.97. The van der Waals surface area contributed by atoms with Gasteiger partial charge in [-0.15, -0.1) is 0 Å². The number of carbonyl (C=O) groups excluding carboxylic acids is 2. The van der Waals surface area contributed by atoms with Crippen LogP contribution < -0.4 is 4.74 Å². The molecule has 1 saturated carbocycles. The Morgan fingerprint density at radius 1 is 1.26 bits per heavy atom. The maximum atomic E-state index is 12.6. The molecule has 0 aromatic heterocycles. The molecule has 1 fully saturated rings. The highest BCUT2D eigenvalue weighted by Gasteiger charge is 2.46. The Labute approximate surface area is 180 Å². The van der Waals surface area contributed by atoms with Crippen LogP contribution in [0.3, 0.4) is 0 Å². The van der Waals surface area contributed by atoms with Crippen LogP contribution in [-0.4, -0.2) is 58.0 Å². The van der Waals surface area contributed by atoms with Gasteiger partial charge in [-0.25, -0.2) is 0 Å². The molecule has 1 aliphatic rings. The summed E-state index contributed by atoms with van der Waals surface area (Å²) in [4.78, 5) is 35.5. The summed E-state index contributed by atoms with van der Waals surface area (Å²) in [5.41, 5.74) is 0. The topological polar surface area (TPSA) is 130 Å². The second-order valence-electron chi connectivity index (χ2n) is 7.37. The van der Waals surface area contributed by atoms with Crippen molar-refractivity contribution in [3.05, 3.63) is 55.1 Å². The van der Waals surface area contributed by atoms with Gasteiger partial charge in [-0.3, -0.25) is 14.4 Å². The Bertz CT molecular complexity index is 788. The highest BCUT2D eigenvalue weighted by molar-refractivity contribution is 6.01. The van der Waals surface area contributed by atoms with E-state index in [1.54, 1.807) is 24.3 Å². The number of carboxylic acids is 1. The molecule has 1 aromatic rings. The van der Waals surface area contributed by atoms with Crippen molar-refractivity contribution in [3.63, 3.8) is 0 Å². The lowest BCUT2D eigenvalue weighted by molar-refractivity contribution is -0.155. The molecule has 168 valence electrons. The third-order valence-electron chi connectivity index (χ3n) is 4.97. The Balaban J connectivity index is 1.95. The van der Waals surface area contributed by atoms with Gasteiger partial charge in [0, 0.05) is 18.8 Å². The fourth-order valence-corrected chi connectivity index (χ4v) is 3.35. The highest BCUT2D eigenvalue weighted by Crippen LogP contribution is 2.32. The Morgan fingerprint density at radius 2 is 1.97 bits per heavy atom. The van der Waals surface area contributed by atoms with E-state index in [0.717, 1.165) is 0 Å². The van der Waals surface area contributed by atoms with Crippen molar-refractivity contribution in [1.29, 1.82) is 0 Å². The average molecular weight is 432 g/mol. The summed E-state index contributed by atoms with van der Waals surface area (Å²) >= 11 is 0. The number of rotatable bonds is 12. The number of esters is 1. The zero-order chi connectivity index (χ0) is 22.8. The molecule has 31 heavy (non-hydrogen) atoms. The maximum Gasteiger partial charge on any atom is 0.317 e. The number of hydrogen-bond donors (Lipinski definition) is 3. The van der Waals surface area contributed by atoms with Gasteiger partial charge < -0.3 is 24.8 Å². The van der Waals surface area contributed by atoms with Crippen molar-refractivity contribution in [3.8, 4) is 5.75 Å². The van der Waals surface area contributed by atoms with Gasteiger partial charge in [0.1, 0.15) is 36.3 Å². The van der Waals surface area contributed by atoms with Gasteiger partial charge in [0.25, 0.3) is 0 Å². The summed E-state index contributed by atoms with van der Waals surface area (Å²) < 4.78 is 10.8. The molecule has 0 amide bonds. The lowest BCUT2D eigenvalue weighted by Crippen LogP contribution is -2.31. The summed E-state index contributed by atoms with van der Waals surface area (Å²) in [5, 5.41) is 29.0. The van der Waals surface area contributed by atoms with E-state index in [1.807, 2.05) is 6.07 Å². The number of aliphatic carboxylic acids is 1. The van der Waals surface area contributed by atoms with Gasteiger partial charge in [-0.05, 0) is 25.0 Å².